The van der Waals surface area contributed by atoms with Crippen LogP contribution in [0.5, 0.6) is 17.2 Å². The van der Waals surface area contributed by atoms with E-state index >= 15 is 0 Å². The number of benzene rings is 1. The number of fused-ring (bicyclic) bond motifs is 1. The molecule has 90 valence electrons. The summed E-state index contributed by atoms with van der Waals surface area (Å²) in [6.07, 6.45) is 1.35. The van der Waals surface area contributed by atoms with Crippen molar-refractivity contribution in [3.05, 3.63) is 29.6 Å². The fourth-order valence-electron chi connectivity index (χ4n) is 1.75. The molecule has 5 heteroatoms. The molecule has 0 amide bonds. The number of methoxy groups -OCH3 is 3. The van der Waals surface area contributed by atoms with E-state index < -0.39 is 0 Å². The Balaban J connectivity index is 2.85. The van der Waals surface area contributed by atoms with E-state index in [1.807, 2.05) is 0 Å². The van der Waals surface area contributed by atoms with E-state index in [0.717, 1.165) is 4.73 Å². The fraction of sp³-hybridized carbons (Fsp3) is 0.250. The van der Waals surface area contributed by atoms with Crippen LogP contribution in [-0.4, -0.2) is 21.3 Å². The first-order valence-electron chi connectivity index (χ1n) is 5.03. The van der Waals surface area contributed by atoms with E-state index in [-0.39, 0.29) is 0 Å². The predicted octanol–water partition coefficient (Wildman–Crippen LogP) is 1.50. The number of ether oxygens (including phenoxy) is 3. The minimum Gasteiger partial charge on any atom is -0.618 e. The maximum atomic E-state index is 11.9. The monoisotopic (exact) mass is 235 g/mol. The number of hydrogen-bond acceptors (Lipinski definition) is 4. The second-order valence-electron chi connectivity index (χ2n) is 3.44. The first-order valence-corrected chi connectivity index (χ1v) is 5.03. The van der Waals surface area contributed by atoms with Gasteiger partial charge in [0.25, 0.3) is 5.52 Å². The molecule has 2 aromatic rings. The van der Waals surface area contributed by atoms with Gasteiger partial charge in [0.1, 0.15) is 5.75 Å². The van der Waals surface area contributed by atoms with Crippen LogP contribution < -0.4 is 18.9 Å². The third kappa shape index (κ3) is 1.80. The van der Waals surface area contributed by atoms with E-state index in [9.17, 15) is 5.21 Å². The number of nitrogens with zero attached hydrogens (tertiary/aromatic N) is 1. The van der Waals surface area contributed by atoms with E-state index in [4.69, 9.17) is 14.2 Å². The SMILES string of the molecule is COc1cc2c(OC)ccc(OC)c2[n+]([O-])c1. The lowest BCUT2D eigenvalue weighted by Crippen LogP contribution is -2.27. The molecule has 1 aromatic heterocycles. The molecule has 0 fully saturated rings. The van der Waals surface area contributed by atoms with Gasteiger partial charge in [-0.25, -0.2) is 0 Å². The Morgan fingerprint density at radius 1 is 1.00 bits per heavy atom. The van der Waals surface area contributed by atoms with Crippen LogP contribution in [0.25, 0.3) is 10.9 Å². The van der Waals surface area contributed by atoms with Gasteiger partial charge in [0.2, 0.25) is 6.20 Å². The second-order valence-corrected chi connectivity index (χ2v) is 3.44. The van der Waals surface area contributed by atoms with Gasteiger partial charge < -0.3 is 19.4 Å². The largest absolute Gasteiger partial charge is 0.618 e. The quantitative estimate of drug-likeness (QED) is 0.597. The molecule has 0 atom stereocenters. The molecule has 5 nitrogen and oxygen atoms in total. The molecule has 0 radical (unpaired) electrons. The van der Waals surface area contributed by atoms with Crippen LogP contribution in [0, 0.1) is 5.21 Å². The van der Waals surface area contributed by atoms with Crippen molar-refractivity contribution in [1.29, 1.82) is 0 Å². The van der Waals surface area contributed by atoms with Gasteiger partial charge in [0.05, 0.1) is 26.7 Å². The molecule has 0 spiro atoms. The lowest BCUT2D eigenvalue weighted by Gasteiger charge is -2.10. The molecule has 0 aliphatic heterocycles. The van der Waals surface area contributed by atoms with Gasteiger partial charge in [-0.3, -0.25) is 0 Å². The summed E-state index contributed by atoms with van der Waals surface area (Å²) in [6, 6.07) is 5.19. The van der Waals surface area contributed by atoms with E-state index in [1.54, 1.807) is 25.3 Å². The van der Waals surface area contributed by atoms with Gasteiger partial charge in [-0.1, -0.05) is 0 Å². The zero-order valence-corrected chi connectivity index (χ0v) is 9.89. The lowest BCUT2D eigenvalue weighted by molar-refractivity contribution is -0.577. The van der Waals surface area contributed by atoms with Gasteiger partial charge in [-0.15, -0.1) is 0 Å². The van der Waals surface area contributed by atoms with Crippen molar-refractivity contribution in [1.82, 2.24) is 0 Å². The van der Waals surface area contributed by atoms with Crippen LogP contribution in [0.4, 0.5) is 0 Å². The summed E-state index contributed by atoms with van der Waals surface area (Å²) in [5.74, 6) is 1.57. The van der Waals surface area contributed by atoms with Crippen LogP contribution in [0.15, 0.2) is 24.4 Å². The molecule has 0 N–H and O–H groups in total. The maximum Gasteiger partial charge on any atom is 0.270 e. The first-order chi connectivity index (χ1) is 8.21. The van der Waals surface area contributed by atoms with E-state index in [2.05, 4.69) is 0 Å². The highest BCUT2D eigenvalue weighted by atomic mass is 16.5. The molecule has 0 aliphatic rings. The minimum absolute atomic E-state index is 0.424. The highest BCUT2D eigenvalue weighted by molar-refractivity contribution is 5.88. The molecule has 0 aliphatic carbocycles. The van der Waals surface area contributed by atoms with Crippen molar-refractivity contribution >= 4 is 10.9 Å². The molecule has 0 saturated heterocycles. The van der Waals surface area contributed by atoms with Crippen LogP contribution in [0.2, 0.25) is 0 Å². The Labute approximate surface area is 98.7 Å². The third-order valence-corrected chi connectivity index (χ3v) is 2.57. The zero-order valence-electron chi connectivity index (χ0n) is 9.89. The van der Waals surface area contributed by atoms with Crippen molar-refractivity contribution in [3.63, 3.8) is 0 Å². The van der Waals surface area contributed by atoms with Crippen molar-refractivity contribution in [2.75, 3.05) is 21.3 Å². The smallest absolute Gasteiger partial charge is 0.270 e. The molecule has 17 heavy (non-hydrogen) atoms. The Kier molecular flexibility index (Phi) is 2.91. The standard InChI is InChI=1S/C12H13NO4/c1-15-8-6-9-10(16-2)4-5-11(17-3)12(9)13(14)7-8/h4-7H,1-3H3. The summed E-state index contributed by atoms with van der Waals surface area (Å²) in [6.45, 7) is 0. The van der Waals surface area contributed by atoms with Crippen LogP contribution in [0.1, 0.15) is 0 Å². The summed E-state index contributed by atoms with van der Waals surface area (Å²) in [4.78, 5) is 0. The Hall–Kier alpha value is -2.17. The highest BCUT2D eigenvalue weighted by Gasteiger charge is 2.17. The third-order valence-electron chi connectivity index (χ3n) is 2.57. The van der Waals surface area contributed by atoms with Gasteiger partial charge in [-0.2, -0.15) is 4.73 Å². The summed E-state index contributed by atoms with van der Waals surface area (Å²) in [5, 5.41) is 12.6. The highest BCUT2D eigenvalue weighted by Crippen LogP contribution is 2.32. The zero-order chi connectivity index (χ0) is 12.4. The van der Waals surface area contributed by atoms with Crippen molar-refractivity contribution in [2.45, 2.75) is 0 Å². The topological polar surface area (TPSA) is 54.6 Å². The predicted molar refractivity (Wildman–Crippen MR) is 62.6 cm³/mol. The summed E-state index contributed by atoms with van der Waals surface area (Å²) < 4.78 is 16.2. The molecule has 2 rings (SSSR count). The second kappa shape index (κ2) is 4.37. The van der Waals surface area contributed by atoms with Gasteiger partial charge >= 0.3 is 0 Å². The molecule has 1 aromatic carbocycles. The average Bonchev–Trinajstić information content (AvgIpc) is 2.37. The van der Waals surface area contributed by atoms with Crippen molar-refractivity contribution in [2.24, 2.45) is 0 Å². The lowest BCUT2D eigenvalue weighted by atomic mass is 10.2. The summed E-state index contributed by atoms with van der Waals surface area (Å²) in [7, 11) is 4.58. The van der Waals surface area contributed by atoms with Crippen molar-refractivity contribution in [3.8, 4) is 17.2 Å². The van der Waals surface area contributed by atoms with Gasteiger partial charge in [0.15, 0.2) is 11.5 Å². The fourth-order valence-corrected chi connectivity index (χ4v) is 1.75. The average molecular weight is 235 g/mol. The van der Waals surface area contributed by atoms with Crippen molar-refractivity contribution < 1.29 is 18.9 Å². The molecular weight excluding hydrogens is 222 g/mol. The molecule has 0 unspecified atom stereocenters. The number of pyridine rings is 1. The van der Waals surface area contributed by atoms with Crippen LogP contribution in [-0.2, 0) is 0 Å². The maximum absolute atomic E-state index is 11.9. The summed E-state index contributed by atoms with van der Waals surface area (Å²) in [5.41, 5.74) is 0.424. The number of hydrogen-bond donors (Lipinski definition) is 0. The van der Waals surface area contributed by atoms with Crippen LogP contribution >= 0.6 is 0 Å². The molecule has 0 saturated carbocycles. The molecule has 1 heterocycles. The van der Waals surface area contributed by atoms with Gasteiger partial charge in [0, 0.05) is 6.07 Å². The first kappa shape index (κ1) is 11.3. The molecular formula is C12H13NO4. The Morgan fingerprint density at radius 3 is 2.24 bits per heavy atom. The van der Waals surface area contributed by atoms with E-state index in [0.29, 0.717) is 28.2 Å². The van der Waals surface area contributed by atoms with E-state index in [1.165, 1.54) is 20.4 Å². The Bertz CT molecular complexity index is 554. The van der Waals surface area contributed by atoms with Gasteiger partial charge in [-0.05, 0) is 12.1 Å². The number of aromatic nitrogens is 1. The Morgan fingerprint density at radius 2 is 1.65 bits per heavy atom. The minimum atomic E-state index is 0.424. The molecule has 0 bridgehead atoms. The number of rotatable bonds is 3. The van der Waals surface area contributed by atoms with Crippen LogP contribution in [0.3, 0.4) is 0 Å². The normalized spacial score (nSPS) is 10.3. The summed E-state index contributed by atoms with van der Waals surface area (Å²) >= 11 is 0.